The number of nitrogens with zero attached hydrogens (tertiary/aromatic N) is 1. The van der Waals surface area contributed by atoms with Gasteiger partial charge in [0.2, 0.25) is 11.8 Å². The van der Waals surface area contributed by atoms with Crippen LogP contribution in [0.5, 0.6) is 0 Å². The average molecular weight is 340 g/mol. The molecule has 0 fully saturated rings. The smallest absolute Gasteiger partial charge is 0.231 e. The Morgan fingerprint density at radius 2 is 2.09 bits per heavy atom. The highest BCUT2D eigenvalue weighted by atomic mass is 32.1. The van der Waals surface area contributed by atoms with E-state index in [1.807, 2.05) is 20.8 Å². The molecule has 6 nitrogen and oxygen atoms in total. The van der Waals surface area contributed by atoms with Crippen LogP contribution in [0.4, 0.5) is 5.13 Å². The Hall–Kier alpha value is -1.47. The molecule has 0 saturated heterocycles. The number of thiazole rings is 1. The second kappa shape index (κ2) is 8.98. The lowest BCUT2D eigenvalue weighted by Crippen LogP contribution is -2.40. The van der Waals surface area contributed by atoms with Gasteiger partial charge in [0.15, 0.2) is 5.13 Å². The maximum Gasteiger partial charge on any atom is 0.231 e. The minimum Gasteiger partial charge on any atom is -0.352 e. The third-order valence-electron chi connectivity index (χ3n) is 3.35. The number of carbonyl (C=O) groups is 2. The molecule has 0 aliphatic carbocycles. The van der Waals surface area contributed by atoms with Crippen molar-refractivity contribution in [3.63, 3.8) is 0 Å². The van der Waals surface area contributed by atoms with Crippen molar-refractivity contribution in [1.82, 2.24) is 10.3 Å². The summed E-state index contributed by atoms with van der Waals surface area (Å²) in [5.41, 5.74) is 5.86. The minimum absolute atomic E-state index is 0.0150. The number of nitrogens with two attached hydrogens (primary N) is 1. The van der Waals surface area contributed by atoms with Crippen LogP contribution < -0.4 is 16.4 Å². The molecule has 7 heteroatoms. The fourth-order valence-corrected chi connectivity index (χ4v) is 2.58. The molecule has 1 atom stereocenters. The zero-order valence-corrected chi connectivity index (χ0v) is 15.3. The molecule has 130 valence electrons. The molecule has 0 bridgehead atoms. The molecule has 0 aliphatic heterocycles. The van der Waals surface area contributed by atoms with Crippen molar-refractivity contribution in [2.24, 2.45) is 11.1 Å². The van der Waals surface area contributed by atoms with Crippen molar-refractivity contribution < 1.29 is 9.59 Å². The normalized spacial score (nSPS) is 12.7. The number of anilines is 1. The third kappa shape index (κ3) is 7.09. The molecular weight excluding hydrogens is 312 g/mol. The molecule has 1 unspecified atom stereocenters. The Kier molecular flexibility index (Phi) is 7.64. The van der Waals surface area contributed by atoms with Gasteiger partial charge in [0.05, 0.1) is 12.1 Å². The van der Waals surface area contributed by atoms with Crippen molar-refractivity contribution in [2.45, 2.75) is 59.4 Å². The molecule has 1 heterocycles. The molecular formula is C16H28N4O2S. The first-order chi connectivity index (χ1) is 10.8. The van der Waals surface area contributed by atoms with Crippen LogP contribution >= 0.6 is 11.3 Å². The van der Waals surface area contributed by atoms with Crippen LogP contribution in [0.1, 0.15) is 52.7 Å². The van der Waals surface area contributed by atoms with Crippen LogP contribution in [-0.2, 0) is 16.0 Å². The number of nitrogens with one attached hydrogen (secondary N) is 2. The van der Waals surface area contributed by atoms with E-state index >= 15 is 0 Å². The van der Waals surface area contributed by atoms with Gasteiger partial charge >= 0.3 is 0 Å². The first kappa shape index (κ1) is 19.6. The molecule has 2 amide bonds. The third-order valence-corrected chi connectivity index (χ3v) is 4.16. The summed E-state index contributed by atoms with van der Waals surface area (Å²) in [6, 6.07) is 0.0150. The second-order valence-electron chi connectivity index (χ2n) is 6.67. The Balaban J connectivity index is 2.52. The van der Waals surface area contributed by atoms with Gasteiger partial charge in [-0.3, -0.25) is 9.59 Å². The predicted molar refractivity (Wildman–Crippen MR) is 94.4 cm³/mol. The lowest BCUT2D eigenvalue weighted by atomic mass is 9.96. The fraction of sp³-hybridized carbons (Fsp3) is 0.688. The molecule has 0 radical (unpaired) electrons. The van der Waals surface area contributed by atoms with Crippen LogP contribution in [0.15, 0.2) is 5.38 Å². The van der Waals surface area contributed by atoms with Crippen molar-refractivity contribution in [1.29, 1.82) is 0 Å². The highest BCUT2D eigenvalue weighted by molar-refractivity contribution is 7.13. The summed E-state index contributed by atoms with van der Waals surface area (Å²) in [5, 5.41) is 8.03. The lowest BCUT2D eigenvalue weighted by molar-refractivity contribution is -0.123. The molecule has 0 spiro atoms. The van der Waals surface area contributed by atoms with E-state index in [9.17, 15) is 9.59 Å². The van der Waals surface area contributed by atoms with Crippen molar-refractivity contribution in [2.75, 3.05) is 11.9 Å². The standard InChI is InChI=1S/C16H28N4O2S/c1-5-6-7-11(9-17)18-13(21)8-12-10-23-15(19-12)20-14(22)16(2,3)4/h10-11H,5-9,17H2,1-4H3,(H,18,21)(H,19,20,22). The number of unbranched alkanes of at least 4 members (excludes halogenated alkanes) is 1. The van der Waals surface area contributed by atoms with Crippen molar-refractivity contribution in [3.05, 3.63) is 11.1 Å². The Morgan fingerprint density at radius 3 is 2.65 bits per heavy atom. The highest BCUT2D eigenvalue weighted by Crippen LogP contribution is 2.20. The molecule has 1 aromatic rings. The maximum absolute atomic E-state index is 12.0. The van der Waals surface area contributed by atoms with Crippen LogP contribution in [0.2, 0.25) is 0 Å². The quantitative estimate of drug-likeness (QED) is 0.676. The summed E-state index contributed by atoms with van der Waals surface area (Å²) in [4.78, 5) is 28.3. The number of carbonyl (C=O) groups excluding carboxylic acids is 2. The van der Waals surface area contributed by atoms with Crippen LogP contribution in [-0.4, -0.2) is 29.4 Å². The van der Waals surface area contributed by atoms with E-state index in [1.54, 1.807) is 5.38 Å². The Bertz CT molecular complexity index is 522. The van der Waals surface area contributed by atoms with Crippen LogP contribution in [0.25, 0.3) is 0 Å². The maximum atomic E-state index is 12.0. The minimum atomic E-state index is -0.475. The van der Waals surface area contributed by atoms with E-state index in [-0.39, 0.29) is 24.3 Å². The van der Waals surface area contributed by atoms with Crippen molar-refractivity contribution >= 4 is 28.3 Å². The summed E-state index contributed by atoms with van der Waals surface area (Å²) in [6.07, 6.45) is 3.21. The Morgan fingerprint density at radius 1 is 1.39 bits per heavy atom. The van der Waals surface area contributed by atoms with Crippen LogP contribution in [0.3, 0.4) is 0 Å². The lowest BCUT2D eigenvalue weighted by Gasteiger charge is -2.16. The van der Waals surface area contributed by atoms with Gasteiger partial charge in [0, 0.05) is 23.4 Å². The topological polar surface area (TPSA) is 97.1 Å². The molecule has 0 saturated carbocycles. The molecule has 4 N–H and O–H groups in total. The monoisotopic (exact) mass is 340 g/mol. The van der Waals surface area contributed by atoms with E-state index < -0.39 is 5.41 Å². The van der Waals surface area contributed by atoms with Crippen molar-refractivity contribution in [3.8, 4) is 0 Å². The fourth-order valence-electron chi connectivity index (χ4n) is 1.87. The second-order valence-corrected chi connectivity index (χ2v) is 7.53. The molecule has 1 aromatic heterocycles. The molecule has 23 heavy (non-hydrogen) atoms. The summed E-state index contributed by atoms with van der Waals surface area (Å²) < 4.78 is 0. The van der Waals surface area contributed by atoms with Crippen LogP contribution in [0, 0.1) is 5.41 Å². The number of rotatable bonds is 8. The summed E-state index contributed by atoms with van der Waals surface area (Å²) in [6.45, 7) is 8.07. The zero-order valence-electron chi connectivity index (χ0n) is 14.4. The largest absolute Gasteiger partial charge is 0.352 e. The molecule has 0 aromatic carbocycles. The van der Waals surface area contributed by atoms with E-state index in [2.05, 4.69) is 22.5 Å². The van der Waals surface area contributed by atoms with Gasteiger partial charge in [-0.2, -0.15) is 0 Å². The summed E-state index contributed by atoms with van der Waals surface area (Å²) in [7, 11) is 0. The molecule has 0 aliphatic rings. The van der Waals surface area contributed by atoms with Gasteiger partial charge in [-0.25, -0.2) is 4.98 Å². The van der Waals surface area contributed by atoms with Gasteiger partial charge in [0.1, 0.15) is 0 Å². The average Bonchev–Trinajstić information content (AvgIpc) is 2.89. The number of hydrogen-bond acceptors (Lipinski definition) is 5. The van der Waals surface area contributed by atoms with Gasteiger partial charge in [-0.15, -0.1) is 11.3 Å². The van der Waals surface area contributed by atoms with E-state index in [0.717, 1.165) is 19.3 Å². The van der Waals surface area contributed by atoms with E-state index in [1.165, 1.54) is 11.3 Å². The first-order valence-corrected chi connectivity index (χ1v) is 8.89. The summed E-state index contributed by atoms with van der Waals surface area (Å²) in [5.74, 6) is -0.179. The van der Waals surface area contributed by atoms with Gasteiger partial charge in [-0.1, -0.05) is 40.5 Å². The number of amides is 2. The SMILES string of the molecule is CCCCC(CN)NC(=O)Cc1csc(NC(=O)C(C)(C)C)n1. The van der Waals surface area contributed by atoms with Gasteiger partial charge in [-0.05, 0) is 6.42 Å². The van der Waals surface area contributed by atoms with E-state index in [4.69, 9.17) is 5.73 Å². The first-order valence-electron chi connectivity index (χ1n) is 8.01. The van der Waals surface area contributed by atoms with Gasteiger partial charge in [0.25, 0.3) is 0 Å². The zero-order chi connectivity index (χ0) is 17.5. The number of aromatic nitrogens is 1. The van der Waals surface area contributed by atoms with E-state index in [0.29, 0.717) is 17.4 Å². The van der Waals surface area contributed by atoms with Gasteiger partial charge < -0.3 is 16.4 Å². The molecule has 1 rings (SSSR count). The number of hydrogen-bond donors (Lipinski definition) is 3. The predicted octanol–water partition coefficient (Wildman–Crippen LogP) is 2.30. The highest BCUT2D eigenvalue weighted by Gasteiger charge is 2.22. The Labute approximate surface area is 142 Å². The summed E-state index contributed by atoms with van der Waals surface area (Å²) >= 11 is 1.33.